The van der Waals surface area contributed by atoms with Gasteiger partial charge >= 0.3 is 0 Å². The van der Waals surface area contributed by atoms with Gasteiger partial charge in [-0.25, -0.2) is 16.8 Å². The third-order valence-corrected chi connectivity index (χ3v) is 14.2. The molecule has 0 aliphatic carbocycles. The van der Waals surface area contributed by atoms with Crippen LogP contribution < -0.4 is 9.44 Å². The van der Waals surface area contributed by atoms with E-state index in [1.54, 1.807) is 34.1 Å². The molecule has 0 spiro atoms. The first-order valence-electron chi connectivity index (χ1n) is 17.2. The van der Waals surface area contributed by atoms with E-state index in [9.17, 15) is 36.0 Å². The van der Waals surface area contributed by atoms with Crippen molar-refractivity contribution < 1.29 is 36.0 Å². The summed E-state index contributed by atoms with van der Waals surface area (Å²) in [5.74, 6) is -1.33. The van der Waals surface area contributed by atoms with Gasteiger partial charge in [0.05, 0.1) is 21.8 Å². The fourth-order valence-corrected chi connectivity index (χ4v) is 11.4. The number of piperidine rings is 4. The number of hydrogen-bond acceptors (Lipinski definition) is 10. The standard InChI is InChI=1S/C33H40Cl2N6O8S4/c34-28-7-5-24(50-28)9-13-52(46,47)36-26-3-1-11-38(32(26)44)20-30(42)40-16-22-15-23(17-40)19-41(18-22)31(43)21-39-12-2-4-27(33(39)45)37-53(48,49)14-10-25-6-8-29(35)51-25/h5-10,13-14,22-23,26-27,36-37H,1-4,11-12,15-21H2/b13-9+,14-10+/t22?,23?,26-,27-/m0/s1. The number of carbonyl (C=O) groups is 4. The van der Waals surface area contributed by atoms with Crippen molar-refractivity contribution in [2.45, 2.75) is 44.2 Å². The molecule has 2 bridgehead atoms. The van der Waals surface area contributed by atoms with Crippen molar-refractivity contribution in [2.24, 2.45) is 11.8 Å². The number of halogens is 2. The molecule has 20 heteroatoms. The van der Waals surface area contributed by atoms with Crippen LogP contribution in [0.1, 0.15) is 41.9 Å². The van der Waals surface area contributed by atoms with Gasteiger partial charge in [-0.15, -0.1) is 22.7 Å². The Bertz CT molecular complexity index is 1850. The van der Waals surface area contributed by atoms with Crippen LogP contribution in [0.2, 0.25) is 8.67 Å². The lowest BCUT2D eigenvalue weighted by Crippen LogP contribution is -2.59. The Hall–Kier alpha value is -2.84. The smallest absolute Gasteiger partial charge is 0.242 e. The van der Waals surface area contributed by atoms with Gasteiger partial charge in [0, 0.05) is 59.8 Å². The number of hydrogen-bond donors (Lipinski definition) is 2. The fourth-order valence-electron chi connectivity index (χ4n) is 7.25. The predicted molar refractivity (Wildman–Crippen MR) is 205 cm³/mol. The second-order valence-corrected chi connectivity index (χ2v) is 20.4. The molecule has 2 atom stereocenters. The first-order chi connectivity index (χ1) is 25.1. The molecular weight excluding hydrogens is 808 g/mol. The molecule has 0 aromatic carbocycles. The van der Waals surface area contributed by atoms with Crippen molar-refractivity contribution in [1.29, 1.82) is 0 Å². The summed E-state index contributed by atoms with van der Waals surface area (Å²) in [5.41, 5.74) is 0. The van der Waals surface area contributed by atoms with Crippen molar-refractivity contribution in [1.82, 2.24) is 29.0 Å². The van der Waals surface area contributed by atoms with Crippen LogP contribution in [-0.4, -0.2) is 125 Å². The summed E-state index contributed by atoms with van der Waals surface area (Å²) in [6, 6.07) is 4.75. The van der Waals surface area contributed by atoms with Crippen LogP contribution >= 0.6 is 45.9 Å². The number of rotatable bonds is 12. The molecule has 2 aromatic rings. The van der Waals surface area contributed by atoms with Gasteiger partial charge in [0.25, 0.3) is 0 Å². The highest BCUT2D eigenvalue weighted by Crippen LogP contribution is 2.30. The minimum absolute atomic E-state index is 0.0126. The summed E-state index contributed by atoms with van der Waals surface area (Å²) in [6.45, 7) is 1.99. The normalized spacial score (nSPS) is 24.5. The molecule has 14 nitrogen and oxygen atoms in total. The van der Waals surface area contributed by atoms with Gasteiger partial charge in [-0.05, 0) is 80.4 Å². The maximum absolute atomic E-state index is 13.4. The lowest BCUT2D eigenvalue weighted by atomic mass is 9.84. The molecule has 288 valence electrons. The molecule has 2 N–H and O–H groups in total. The Kier molecular flexibility index (Phi) is 12.7. The van der Waals surface area contributed by atoms with Gasteiger partial charge in [-0.2, -0.15) is 9.44 Å². The minimum atomic E-state index is -3.93. The first kappa shape index (κ1) is 39.8. The van der Waals surface area contributed by atoms with Crippen molar-refractivity contribution in [3.05, 3.63) is 53.5 Å². The molecule has 0 saturated carbocycles. The minimum Gasteiger partial charge on any atom is -0.340 e. The number of nitrogens with zero attached hydrogens (tertiary/aromatic N) is 4. The maximum atomic E-state index is 13.4. The van der Waals surface area contributed by atoms with Gasteiger partial charge in [0.1, 0.15) is 12.1 Å². The molecule has 0 radical (unpaired) electrons. The van der Waals surface area contributed by atoms with E-state index in [1.807, 2.05) is 0 Å². The van der Waals surface area contributed by atoms with Crippen LogP contribution in [0.3, 0.4) is 0 Å². The third kappa shape index (κ3) is 10.7. The number of likely N-dealkylation sites (tertiary alicyclic amines) is 4. The zero-order valence-corrected chi connectivity index (χ0v) is 33.3. The van der Waals surface area contributed by atoms with E-state index in [2.05, 4.69) is 9.44 Å². The number of thiophene rings is 2. The second kappa shape index (κ2) is 16.9. The molecule has 0 unspecified atom stereocenters. The lowest BCUT2D eigenvalue weighted by molar-refractivity contribution is -0.148. The summed E-state index contributed by atoms with van der Waals surface area (Å²) < 4.78 is 56.7. The van der Waals surface area contributed by atoms with Gasteiger partial charge in [0.2, 0.25) is 43.7 Å². The number of carbonyl (C=O) groups excluding carboxylic acids is 4. The molecule has 4 aliphatic rings. The van der Waals surface area contributed by atoms with Gasteiger partial charge in [-0.1, -0.05) is 23.2 Å². The third-order valence-electron chi connectivity index (χ3n) is 9.62. The summed E-state index contributed by atoms with van der Waals surface area (Å²) in [5, 5.41) is 2.01. The molecule has 4 saturated heterocycles. The number of amides is 4. The van der Waals surface area contributed by atoms with E-state index in [0.717, 1.165) is 17.2 Å². The van der Waals surface area contributed by atoms with Gasteiger partial charge in [-0.3, -0.25) is 19.2 Å². The van der Waals surface area contributed by atoms with Crippen LogP contribution in [0.15, 0.2) is 35.1 Å². The summed E-state index contributed by atoms with van der Waals surface area (Å²) >= 11 is 14.3. The molecule has 6 heterocycles. The molecule has 4 aliphatic heterocycles. The zero-order chi connectivity index (χ0) is 37.9. The number of nitrogens with one attached hydrogen (secondary N) is 2. The average molecular weight is 848 g/mol. The van der Waals surface area contributed by atoms with Crippen molar-refractivity contribution in [3.8, 4) is 0 Å². The SMILES string of the molecule is O=C(CN1CCC[C@H](NS(=O)(=O)/C=C/c2ccc(Cl)s2)C1=O)N1CC2CC(C1)CN(C(=O)CN1CCC[C@H](NS(=O)(=O)/C=C/c3ccc(Cl)s3)C1=O)C2. The van der Waals surface area contributed by atoms with E-state index < -0.39 is 43.9 Å². The number of sulfonamides is 2. The van der Waals surface area contributed by atoms with Crippen molar-refractivity contribution >= 4 is 102 Å². The molecule has 4 amide bonds. The van der Waals surface area contributed by atoms with E-state index in [-0.39, 0.29) is 36.7 Å². The Morgan fingerprint density at radius 1 is 0.698 bits per heavy atom. The fraction of sp³-hybridized carbons (Fsp3) is 0.515. The highest BCUT2D eigenvalue weighted by molar-refractivity contribution is 7.92. The lowest BCUT2D eigenvalue weighted by Gasteiger charge is -2.46. The van der Waals surface area contributed by atoms with E-state index in [1.165, 1.54) is 44.6 Å². The molecule has 53 heavy (non-hydrogen) atoms. The predicted octanol–water partition coefficient (Wildman–Crippen LogP) is 2.89. The van der Waals surface area contributed by atoms with Crippen LogP contribution in [0.4, 0.5) is 0 Å². The van der Waals surface area contributed by atoms with Crippen molar-refractivity contribution in [3.63, 3.8) is 0 Å². The number of fused-ring (bicyclic) bond motifs is 2. The van der Waals surface area contributed by atoms with Crippen LogP contribution in [-0.2, 0) is 39.2 Å². The Balaban J connectivity index is 0.973. The largest absolute Gasteiger partial charge is 0.340 e. The van der Waals surface area contributed by atoms with Crippen LogP contribution in [0.5, 0.6) is 0 Å². The second-order valence-electron chi connectivity index (χ2n) is 13.7. The van der Waals surface area contributed by atoms with Crippen LogP contribution in [0.25, 0.3) is 12.2 Å². The van der Waals surface area contributed by atoms with E-state index in [0.29, 0.717) is 83.4 Å². The topological polar surface area (TPSA) is 174 Å². The zero-order valence-electron chi connectivity index (χ0n) is 28.6. The maximum Gasteiger partial charge on any atom is 0.242 e. The van der Waals surface area contributed by atoms with Gasteiger partial charge < -0.3 is 19.6 Å². The summed E-state index contributed by atoms with van der Waals surface area (Å²) in [4.78, 5) is 61.0. The molecular formula is C33H40Cl2N6O8S4. The summed E-state index contributed by atoms with van der Waals surface area (Å²) in [6.07, 6.45) is 5.37. The van der Waals surface area contributed by atoms with Crippen molar-refractivity contribution in [2.75, 3.05) is 52.4 Å². The van der Waals surface area contributed by atoms with Gasteiger partial charge in [0.15, 0.2) is 0 Å². The Morgan fingerprint density at radius 3 is 1.45 bits per heavy atom. The quantitative estimate of drug-likeness (QED) is 0.328. The van der Waals surface area contributed by atoms with E-state index >= 15 is 0 Å². The average Bonchev–Trinajstić information content (AvgIpc) is 3.73. The molecule has 4 fully saturated rings. The molecule has 2 aromatic heterocycles. The summed E-state index contributed by atoms with van der Waals surface area (Å²) in [7, 11) is -7.86. The highest BCUT2D eigenvalue weighted by atomic mass is 35.5. The van der Waals surface area contributed by atoms with E-state index in [4.69, 9.17) is 23.2 Å². The highest BCUT2D eigenvalue weighted by Gasteiger charge is 2.40. The Morgan fingerprint density at radius 2 is 1.09 bits per heavy atom. The Labute approximate surface area is 326 Å². The first-order valence-corrected chi connectivity index (χ1v) is 22.7. The van der Waals surface area contributed by atoms with Crippen LogP contribution in [0, 0.1) is 11.8 Å². The molecule has 6 rings (SSSR count). The monoisotopic (exact) mass is 846 g/mol.